The minimum absolute atomic E-state index is 0.630. The summed E-state index contributed by atoms with van der Waals surface area (Å²) in [5.41, 5.74) is 0. The molecule has 24 heavy (non-hydrogen) atoms. The highest BCUT2D eigenvalue weighted by atomic mass is 16.3. The Kier molecular flexibility index (Phi) is 4.58. The molecule has 4 atom stereocenters. The minimum atomic E-state index is 0.630. The number of piperidine rings is 3. The minimum Gasteiger partial charge on any atom is -0.468 e. The predicted molar refractivity (Wildman–Crippen MR) is 93.3 cm³/mol. The highest BCUT2D eigenvalue weighted by Crippen LogP contribution is 2.37. The maximum absolute atomic E-state index is 5.57. The first-order valence-electron chi connectivity index (χ1n) is 8.95. The topological polar surface area (TPSA) is 32.8 Å². The van der Waals surface area contributed by atoms with Gasteiger partial charge in [0, 0.05) is 19.1 Å². The van der Waals surface area contributed by atoms with Gasteiger partial charge in [0.05, 0.1) is 25.6 Å². The van der Waals surface area contributed by atoms with Gasteiger partial charge in [-0.05, 0) is 55.5 Å². The van der Waals surface area contributed by atoms with Crippen LogP contribution in [0.25, 0.3) is 0 Å². The first kappa shape index (κ1) is 15.7. The zero-order chi connectivity index (χ0) is 16.4. The Labute approximate surface area is 143 Å². The lowest BCUT2D eigenvalue weighted by atomic mass is 9.75. The molecule has 4 heteroatoms. The van der Waals surface area contributed by atoms with Crippen LogP contribution in [0.1, 0.15) is 24.4 Å². The highest BCUT2D eigenvalue weighted by Gasteiger charge is 2.39. The Morgan fingerprint density at radius 2 is 1.88 bits per heavy atom. The number of rotatable bonds is 7. The Morgan fingerprint density at radius 1 is 1.17 bits per heavy atom. The standard InChI is InChI=1S/C20H26N2O2/c1-2-16-12-22-8-7-17(16)11-18(22)13-21(14-19-5-3-9-23-19)15-20-6-4-10-24-20/h2-6,9-10,16-18H,1,7-8,11-15H2/t16-,17-,18+/m0/s1. The smallest absolute Gasteiger partial charge is 0.117 e. The molecule has 0 aromatic carbocycles. The molecule has 0 aliphatic carbocycles. The normalized spacial score (nSPS) is 29.2. The molecule has 5 heterocycles. The van der Waals surface area contributed by atoms with Crippen LogP contribution in [0.2, 0.25) is 0 Å². The quantitative estimate of drug-likeness (QED) is 0.725. The summed E-state index contributed by atoms with van der Waals surface area (Å²) in [5, 5.41) is 0. The molecule has 3 aliphatic rings. The van der Waals surface area contributed by atoms with Crippen molar-refractivity contribution >= 4 is 0 Å². The third-order valence-corrected chi connectivity index (χ3v) is 5.62. The van der Waals surface area contributed by atoms with Crippen molar-refractivity contribution in [2.45, 2.75) is 32.0 Å². The number of hydrogen-bond donors (Lipinski definition) is 0. The molecule has 128 valence electrons. The molecule has 2 aromatic rings. The molecule has 3 saturated heterocycles. The van der Waals surface area contributed by atoms with Gasteiger partial charge < -0.3 is 8.83 Å². The summed E-state index contributed by atoms with van der Waals surface area (Å²) >= 11 is 0. The number of nitrogens with zero attached hydrogens (tertiary/aromatic N) is 2. The fourth-order valence-electron chi connectivity index (χ4n) is 4.37. The van der Waals surface area contributed by atoms with Gasteiger partial charge in [-0.15, -0.1) is 6.58 Å². The summed E-state index contributed by atoms with van der Waals surface area (Å²) in [6.07, 6.45) is 8.27. The second kappa shape index (κ2) is 6.99. The molecular weight excluding hydrogens is 300 g/mol. The van der Waals surface area contributed by atoms with Crippen LogP contribution in [-0.2, 0) is 13.1 Å². The van der Waals surface area contributed by atoms with E-state index in [0.717, 1.165) is 37.1 Å². The second-order valence-corrected chi connectivity index (χ2v) is 7.16. The van der Waals surface area contributed by atoms with E-state index >= 15 is 0 Å². The summed E-state index contributed by atoms with van der Waals surface area (Å²) in [4.78, 5) is 5.11. The molecule has 0 amide bonds. The first-order chi connectivity index (χ1) is 11.8. The Balaban J connectivity index is 1.44. The van der Waals surface area contributed by atoms with Crippen molar-refractivity contribution < 1.29 is 8.83 Å². The lowest BCUT2D eigenvalue weighted by molar-refractivity contribution is -0.00162. The summed E-state index contributed by atoms with van der Waals surface area (Å²) in [6.45, 7) is 9.14. The van der Waals surface area contributed by atoms with E-state index < -0.39 is 0 Å². The molecule has 0 saturated carbocycles. The molecule has 0 spiro atoms. The Bertz CT molecular complexity index is 598. The zero-order valence-corrected chi connectivity index (χ0v) is 14.1. The molecule has 3 fully saturated rings. The van der Waals surface area contributed by atoms with E-state index in [1.54, 1.807) is 12.5 Å². The molecule has 0 radical (unpaired) electrons. The number of furan rings is 2. The maximum atomic E-state index is 5.57. The number of hydrogen-bond acceptors (Lipinski definition) is 4. The van der Waals surface area contributed by atoms with E-state index in [1.807, 2.05) is 12.1 Å². The van der Waals surface area contributed by atoms with Crippen LogP contribution in [0.5, 0.6) is 0 Å². The summed E-state index contributed by atoms with van der Waals surface area (Å²) in [7, 11) is 0. The molecule has 2 bridgehead atoms. The van der Waals surface area contributed by atoms with Gasteiger partial charge in [-0.25, -0.2) is 0 Å². The molecule has 5 rings (SSSR count). The van der Waals surface area contributed by atoms with E-state index in [4.69, 9.17) is 8.83 Å². The molecule has 4 nitrogen and oxygen atoms in total. The third-order valence-electron chi connectivity index (χ3n) is 5.62. The SMILES string of the molecule is C=C[C@H]1CN2CC[C@H]1C[C@@H]2CN(Cc1ccco1)Cc1ccco1. The van der Waals surface area contributed by atoms with E-state index in [1.165, 1.54) is 25.9 Å². The van der Waals surface area contributed by atoms with Gasteiger partial charge in [0.1, 0.15) is 11.5 Å². The fourth-order valence-corrected chi connectivity index (χ4v) is 4.37. The summed E-state index contributed by atoms with van der Waals surface area (Å²) in [6, 6.07) is 8.65. The van der Waals surface area contributed by atoms with Gasteiger partial charge in [0.25, 0.3) is 0 Å². The van der Waals surface area contributed by atoms with Crippen molar-refractivity contribution in [1.29, 1.82) is 0 Å². The van der Waals surface area contributed by atoms with Gasteiger partial charge in [-0.1, -0.05) is 6.08 Å². The van der Waals surface area contributed by atoms with Crippen molar-refractivity contribution in [3.05, 3.63) is 61.0 Å². The maximum Gasteiger partial charge on any atom is 0.117 e. The lowest BCUT2D eigenvalue weighted by Gasteiger charge is -2.50. The van der Waals surface area contributed by atoms with Crippen LogP contribution >= 0.6 is 0 Å². The molecule has 2 aromatic heterocycles. The first-order valence-corrected chi connectivity index (χ1v) is 8.95. The van der Waals surface area contributed by atoms with Crippen LogP contribution in [0.3, 0.4) is 0 Å². The van der Waals surface area contributed by atoms with Crippen molar-refractivity contribution in [2.75, 3.05) is 19.6 Å². The third kappa shape index (κ3) is 3.35. The Hall–Kier alpha value is -1.78. The van der Waals surface area contributed by atoms with Crippen molar-refractivity contribution in [3.8, 4) is 0 Å². The van der Waals surface area contributed by atoms with E-state index in [2.05, 4.69) is 34.6 Å². The second-order valence-electron chi connectivity index (χ2n) is 7.16. The van der Waals surface area contributed by atoms with Crippen LogP contribution in [0, 0.1) is 11.8 Å². The summed E-state index contributed by atoms with van der Waals surface area (Å²) in [5.74, 6) is 3.52. The van der Waals surface area contributed by atoms with Gasteiger partial charge in [-0.2, -0.15) is 0 Å². The predicted octanol–water partition coefficient (Wildman–Crippen LogP) is 3.77. The van der Waals surface area contributed by atoms with E-state index in [0.29, 0.717) is 12.0 Å². The van der Waals surface area contributed by atoms with Crippen molar-refractivity contribution in [3.63, 3.8) is 0 Å². The van der Waals surface area contributed by atoms with Gasteiger partial charge in [0.15, 0.2) is 0 Å². The van der Waals surface area contributed by atoms with Gasteiger partial charge >= 0.3 is 0 Å². The largest absolute Gasteiger partial charge is 0.468 e. The molecule has 1 unspecified atom stereocenters. The van der Waals surface area contributed by atoms with Gasteiger partial charge in [-0.3, -0.25) is 9.80 Å². The average Bonchev–Trinajstić information content (AvgIpc) is 3.29. The fraction of sp³-hybridized carbons (Fsp3) is 0.500. The average molecular weight is 326 g/mol. The van der Waals surface area contributed by atoms with Crippen molar-refractivity contribution in [1.82, 2.24) is 9.80 Å². The monoisotopic (exact) mass is 326 g/mol. The highest BCUT2D eigenvalue weighted by molar-refractivity contribution is 5.03. The number of fused-ring (bicyclic) bond motifs is 3. The van der Waals surface area contributed by atoms with E-state index in [9.17, 15) is 0 Å². The van der Waals surface area contributed by atoms with Crippen molar-refractivity contribution in [2.24, 2.45) is 11.8 Å². The summed E-state index contributed by atoms with van der Waals surface area (Å²) < 4.78 is 11.1. The zero-order valence-electron chi connectivity index (χ0n) is 14.1. The molecular formula is C20H26N2O2. The Morgan fingerprint density at radius 3 is 2.38 bits per heavy atom. The van der Waals surface area contributed by atoms with Crippen LogP contribution in [0.4, 0.5) is 0 Å². The van der Waals surface area contributed by atoms with Crippen LogP contribution in [0.15, 0.2) is 58.3 Å². The molecule has 3 aliphatic heterocycles. The van der Waals surface area contributed by atoms with E-state index in [-0.39, 0.29) is 0 Å². The van der Waals surface area contributed by atoms with Crippen LogP contribution in [-0.4, -0.2) is 35.5 Å². The van der Waals surface area contributed by atoms with Crippen LogP contribution < -0.4 is 0 Å². The lowest BCUT2D eigenvalue weighted by Crippen LogP contribution is -2.56. The van der Waals surface area contributed by atoms with Gasteiger partial charge in [0.2, 0.25) is 0 Å². The molecule has 0 N–H and O–H groups in total.